The Balaban J connectivity index is 2.26. The zero-order chi connectivity index (χ0) is 11.5. The molecule has 1 aromatic heterocycles. The van der Waals surface area contributed by atoms with E-state index in [1.807, 2.05) is 49.0 Å². The van der Waals surface area contributed by atoms with Crippen LogP contribution in [0.5, 0.6) is 0 Å². The standard InChI is InChI=1S/C13H13N3/c1-10-7-12(8-14)3-4-13(10)9-16-6-5-11(2)15-16/h3-7H,9H2,1-2H3. The number of benzene rings is 1. The summed E-state index contributed by atoms with van der Waals surface area (Å²) in [6.07, 6.45) is 1.97. The van der Waals surface area contributed by atoms with Gasteiger partial charge in [0.05, 0.1) is 23.9 Å². The van der Waals surface area contributed by atoms with Crippen LogP contribution in [0.1, 0.15) is 22.4 Å². The number of nitriles is 1. The molecule has 0 aliphatic carbocycles. The Hall–Kier alpha value is -2.08. The number of hydrogen-bond donors (Lipinski definition) is 0. The summed E-state index contributed by atoms with van der Waals surface area (Å²) in [5.41, 5.74) is 4.05. The van der Waals surface area contributed by atoms with Crippen molar-refractivity contribution in [2.75, 3.05) is 0 Å². The van der Waals surface area contributed by atoms with Crippen molar-refractivity contribution >= 4 is 0 Å². The fourth-order valence-corrected chi connectivity index (χ4v) is 1.67. The minimum Gasteiger partial charge on any atom is -0.268 e. The second kappa shape index (κ2) is 4.19. The van der Waals surface area contributed by atoms with Crippen molar-refractivity contribution in [3.05, 3.63) is 52.8 Å². The number of nitrogens with zero attached hydrogens (tertiary/aromatic N) is 3. The fourth-order valence-electron chi connectivity index (χ4n) is 1.67. The SMILES string of the molecule is Cc1ccn(Cc2ccc(C#N)cc2C)n1. The van der Waals surface area contributed by atoms with Crippen molar-refractivity contribution in [1.82, 2.24) is 9.78 Å². The Bertz CT molecular complexity index is 547. The van der Waals surface area contributed by atoms with Gasteiger partial charge in [-0.25, -0.2) is 0 Å². The van der Waals surface area contributed by atoms with E-state index in [9.17, 15) is 0 Å². The summed E-state index contributed by atoms with van der Waals surface area (Å²) in [6.45, 7) is 4.75. The Morgan fingerprint density at radius 3 is 2.69 bits per heavy atom. The van der Waals surface area contributed by atoms with Crippen molar-refractivity contribution in [3.8, 4) is 6.07 Å². The van der Waals surface area contributed by atoms with E-state index in [0.717, 1.165) is 17.8 Å². The third-order valence-corrected chi connectivity index (χ3v) is 2.58. The van der Waals surface area contributed by atoms with Crippen LogP contribution in [0, 0.1) is 25.2 Å². The number of rotatable bonds is 2. The lowest BCUT2D eigenvalue weighted by atomic mass is 10.1. The summed E-state index contributed by atoms with van der Waals surface area (Å²) >= 11 is 0. The highest BCUT2D eigenvalue weighted by Gasteiger charge is 2.01. The van der Waals surface area contributed by atoms with Gasteiger partial charge in [0.25, 0.3) is 0 Å². The van der Waals surface area contributed by atoms with E-state index in [1.165, 1.54) is 5.56 Å². The molecule has 0 spiro atoms. The number of aryl methyl sites for hydroxylation is 2. The van der Waals surface area contributed by atoms with Gasteiger partial charge >= 0.3 is 0 Å². The smallest absolute Gasteiger partial charge is 0.0991 e. The quantitative estimate of drug-likeness (QED) is 0.765. The summed E-state index contributed by atoms with van der Waals surface area (Å²) in [4.78, 5) is 0. The summed E-state index contributed by atoms with van der Waals surface area (Å²) in [6, 6.07) is 9.87. The first-order chi connectivity index (χ1) is 7.69. The Kier molecular flexibility index (Phi) is 2.74. The minimum absolute atomic E-state index is 0.706. The molecule has 3 heteroatoms. The van der Waals surface area contributed by atoms with Crippen molar-refractivity contribution in [3.63, 3.8) is 0 Å². The Labute approximate surface area is 94.9 Å². The van der Waals surface area contributed by atoms with Crippen LogP contribution in [0.15, 0.2) is 30.5 Å². The molecule has 0 atom stereocenters. The van der Waals surface area contributed by atoms with E-state index in [2.05, 4.69) is 11.2 Å². The lowest BCUT2D eigenvalue weighted by Crippen LogP contribution is -2.02. The van der Waals surface area contributed by atoms with Crippen LogP contribution in [0.4, 0.5) is 0 Å². The normalized spacial score (nSPS) is 10.1. The zero-order valence-electron chi connectivity index (χ0n) is 9.44. The Morgan fingerprint density at radius 2 is 2.12 bits per heavy atom. The molecular formula is C13H13N3. The first kappa shape index (κ1) is 10.4. The van der Waals surface area contributed by atoms with Gasteiger partial charge in [-0.1, -0.05) is 6.07 Å². The molecule has 0 unspecified atom stereocenters. The molecule has 0 aliphatic heterocycles. The molecule has 1 aromatic carbocycles. The summed E-state index contributed by atoms with van der Waals surface area (Å²) in [5, 5.41) is 13.1. The van der Waals surface area contributed by atoms with Crippen LogP contribution in [-0.4, -0.2) is 9.78 Å². The molecule has 3 nitrogen and oxygen atoms in total. The largest absolute Gasteiger partial charge is 0.268 e. The van der Waals surface area contributed by atoms with Gasteiger partial charge in [0, 0.05) is 6.20 Å². The minimum atomic E-state index is 0.706. The van der Waals surface area contributed by atoms with Crippen molar-refractivity contribution in [2.24, 2.45) is 0 Å². The van der Waals surface area contributed by atoms with Crippen LogP contribution in [0.3, 0.4) is 0 Å². The molecule has 16 heavy (non-hydrogen) atoms. The molecule has 0 aliphatic rings. The van der Waals surface area contributed by atoms with E-state index < -0.39 is 0 Å². The average molecular weight is 211 g/mol. The van der Waals surface area contributed by atoms with Gasteiger partial charge < -0.3 is 0 Å². The maximum absolute atomic E-state index is 8.78. The first-order valence-corrected chi connectivity index (χ1v) is 5.19. The summed E-state index contributed by atoms with van der Waals surface area (Å²) in [7, 11) is 0. The lowest BCUT2D eigenvalue weighted by Gasteiger charge is -2.06. The fraction of sp³-hybridized carbons (Fsp3) is 0.231. The predicted octanol–water partition coefficient (Wildman–Crippen LogP) is 2.42. The zero-order valence-corrected chi connectivity index (χ0v) is 9.44. The molecular weight excluding hydrogens is 198 g/mol. The molecule has 0 bridgehead atoms. The van der Waals surface area contributed by atoms with Gasteiger partial charge in [-0.15, -0.1) is 0 Å². The Morgan fingerprint density at radius 1 is 1.31 bits per heavy atom. The first-order valence-electron chi connectivity index (χ1n) is 5.19. The van der Waals surface area contributed by atoms with Crippen LogP contribution >= 0.6 is 0 Å². The van der Waals surface area contributed by atoms with Gasteiger partial charge in [0.1, 0.15) is 0 Å². The third kappa shape index (κ3) is 2.12. The lowest BCUT2D eigenvalue weighted by molar-refractivity contribution is 0.677. The number of aromatic nitrogens is 2. The van der Waals surface area contributed by atoms with Crippen LogP contribution in [-0.2, 0) is 6.54 Å². The van der Waals surface area contributed by atoms with E-state index >= 15 is 0 Å². The van der Waals surface area contributed by atoms with Gasteiger partial charge in [0.2, 0.25) is 0 Å². The van der Waals surface area contributed by atoms with E-state index in [0.29, 0.717) is 5.56 Å². The second-order valence-corrected chi connectivity index (χ2v) is 3.91. The molecule has 0 N–H and O–H groups in total. The van der Waals surface area contributed by atoms with Gasteiger partial charge in [-0.2, -0.15) is 10.4 Å². The van der Waals surface area contributed by atoms with Crippen LogP contribution in [0.2, 0.25) is 0 Å². The van der Waals surface area contributed by atoms with E-state index in [1.54, 1.807) is 0 Å². The predicted molar refractivity (Wildman–Crippen MR) is 62.0 cm³/mol. The molecule has 0 fully saturated rings. The van der Waals surface area contributed by atoms with Gasteiger partial charge in [0.15, 0.2) is 0 Å². The number of hydrogen-bond acceptors (Lipinski definition) is 2. The van der Waals surface area contributed by atoms with E-state index in [4.69, 9.17) is 5.26 Å². The topological polar surface area (TPSA) is 41.6 Å². The van der Waals surface area contributed by atoms with Crippen molar-refractivity contribution in [2.45, 2.75) is 20.4 Å². The molecule has 80 valence electrons. The van der Waals surface area contributed by atoms with Gasteiger partial charge in [-0.3, -0.25) is 4.68 Å². The highest BCUT2D eigenvalue weighted by Crippen LogP contribution is 2.12. The molecule has 0 saturated carbocycles. The van der Waals surface area contributed by atoms with Crippen molar-refractivity contribution < 1.29 is 0 Å². The highest BCUT2D eigenvalue weighted by atomic mass is 15.3. The van der Waals surface area contributed by atoms with E-state index in [-0.39, 0.29) is 0 Å². The molecule has 0 radical (unpaired) electrons. The average Bonchev–Trinajstić information content (AvgIpc) is 2.67. The van der Waals surface area contributed by atoms with Crippen LogP contribution in [0.25, 0.3) is 0 Å². The molecule has 0 saturated heterocycles. The van der Waals surface area contributed by atoms with Crippen molar-refractivity contribution in [1.29, 1.82) is 5.26 Å². The molecule has 1 heterocycles. The molecule has 2 aromatic rings. The second-order valence-electron chi connectivity index (χ2n) is 3.91. The molecule has 2 rings (SSSR count). The monoisotopic (exact) mass is 211 g/mol. The van der Waals surface area contributed by atoms with Crippen LogP contribution < -0.4 is 0 Å². The molecule has 0 amide bonds. The maximum Gasteiger partial charge on any atom is 0.0991 e. The third-order valence-electron chi connectivity index (χ3n) is 2.58. The summed E-state index contributed by atoms with van der Waals surface area (Å²) in [5.74, 6) is 0. The summed E-state index contributed by atoms with van der Waals surface area (Å²) < 4.78 is 1.91. The maximum atomic E-state index is 8.78. The van der Waals surface area contributed by atoms with Gasteiger partial charge in [-0.05, 0) is 43.2 Å². The highest BCUT2D eigenvalue weighted by molar-refractivity contribution is 5.37.